The molecule has 2 unspecified atom stereocenters. The zero-order valence-corrected chi connectivity index (χ0v) is 11.6. The standard InChI is InChI=1S/C16H32/c1-3-4-5-6-7-8-9-10-11-16-13-12-15(2)14-16/h15-16H,3-14H2,1-2H3. The first-order valence-electron chi connectivity index (χ1n) is 7.83. The second kappa shape index (κ2) is 9.07. The van der Waals surface area contributed by atoms with Crippen LogP contribution in [0.25, 0.3) is 0 Å². The SMILES string of the molecule is CCCCCCCCCCC1CCC(C)C1. The van der Waals surface area contributed by atoms with E-state index in [1.807, 2.05) is 0 Å². The predicted molar refractivity (Wildman–Crippen MR) is 73.7 cm³/mol. The zero-order chi connectivity index (χ0) is 11.6. The highest BCUT2D eigenvalue weighted by Crippen LogP contribution is 2.33. The molecule has 0 aromatic carbocycles. The van der Waals surface area contributed by atoms with Gasteiger partial charge in [-0.2, -0.15) is 0 Å². The van der Waals surface area contributed by atoms with E-state index in [0.717, 1.165) is 11.8 Å². The van der Waals surface area contributed by atoms with Crippen molar-refractivity contribution in [2.45, 2.75) is 90.9 Å². The molecule has 0 heterocycles. The van der Waals surface area contributed by atoms with Crippen LogP contribution in [0.1, 0.15) is 90.9 Å². The van der Waals surface area contributed by atoms with E-state index in [9.17, 15) is 0 Å². The maximum absolute atomic E-state index is 2.42. The molecule has 0 heteroatoms. The summed E-state index contributed by atoms with van der Waals surface area (Å²) in [4.78, 5) is 0. The first-order valence-corrected chi connectivity index (χ1v) is 7.83. The predicted octanol–water partition coefficient (Wildman–Crippen LogP) is 5.95. The Bertz CT molecular complexity index is 150. The number of unbranched alkanes of at least 4 members (excludes halogenated alkanes) is 7. The maximum atomic E-state index is 2.42. The Balaban J connectivity index is 1.78. The average molecular weight is 224 g/mol. The third-order valence-electron chi connectivity index (χ3n) is 4.27. The van der Waals surface area contributed by atoms with Crippen LogP contribution in [0.4, 0.5) is 0 Å². The smallest absolute Gasteiger partial charge is 0.0412 e. The monoisotopic (exact) mass is 224 g/mol. The van der Waals surface area contributed by atoms with Gasteiger partial charge in [-0.15, -0.1) is 0 Å². The lowest BCUT2D eigenvalue weighted by Crippen LogP contribution is -1.94. The molecule has 1 saturated carbocycles. The maximum Gasteiger partial charge on any atom is -0.0412 e. The third kappa shape index (κ3) is 6.55. The summed E-state index contributed by atoms with van der Waals surface area (Å²) >= 11 is 0. The molecule has 0 aromatic rings. The average Bonchev–Trinajstić information content (AvgIpc) is 2.68. The van der Waals surface area contributed by atoms with Gasteiger partial charge in [-0.3, -0.25) is 0 Å². The van der Waals surface area contributed by atoms with Gasteiger partial charge < -0.3 is 0 Å². The summed E-state index contributed by atoms with van der Waals surface area (Å²) in [7, 11) is 0. The van der Waals surface area contributed by atoms with E-state index in [2.05, 4.69) is 13.8 Å². The fraction of sp³-hybridized carbons (Fsp3) is 1.00. The first-order chi connectivity index (χ1) is 7.83. The molecule has 0 aromatic heterocycles. The van der Waals surface area contributed by atoms with Crippen LogP contribution in [-0.4, -0.2) is 0 Å². The molecule has 0 nitrogen and oxygen atoms in total. The normalized spacial score (nSPS) is 25.1. The molecule has 1 fully saturated rings. The van der Waals surface area contributed by atoms with Gasteiger partial charge in [-0.1, -0.05) is 84.5 Å². The molecule has 1 aliphatic carbocycles. The summed E-state index contributed by atoms with van der Waals surface area (Å²) in [6, 6.07) is 0. The molecule has 0 amide bonds. The van der Waals surface area contributed by atoms with Crippen LogP contribution in [0.3, 0.4) is 0 Å². The molecule has 16 heavy (non-hydrogen) atoms. The number of hydrogen-bond donors (Lipinski definition) is 0. The van der Waals surface area contributed by atoms with Crippen molar-refractivity contribution < 1.29 is 0 Å². The van der Waals surface area contributed by atoms with Crippen LogP contribution in [-0.2, 0) is 0 Å². The Hall–Kier alpha value is 0. The summed E-state index contributed by atoms with van der Waals surface area (Å²) in [6.45, 7) is 4.72. The second-order valence-electron chi connectivity index (χ2n) is 6.05. The fourth-order valence-corrected chi connectivity index (χ4v) is 3.15. The van der Waals surface area contributed by atoms with Gasteiger partial charge in [0, 0.05) is 0 Å². The van der Waals surface area contributed by atoms with Gasteiger partial charge in [0.15, 0.2) is 0 Å². The third-order valence-corrected chi connectivity index (χ3v) is 4.27. The lowest BCUT2D eigenvalue weighted by Gasteiger charge is -2.08. The molecule has 2 atom stereocenters. The first kappa shape index (κ1) is 14.1. The van der Waals surface area contributed by atoms with E-state index in [4.69, 9.17) is 0 Å². The van der Waals surface area contributed by atoms with Crippen molar-refractivity contribution in [1.82, 2.24) is 0 Å². The minimum absolute atomic E-state index is 1.03. The highest BCUT2D eigenvalue weighted by molar-refractivity contribution is 4.72. The van der Waals surface area contributed by atoms with Gasteiger partial charge in [-0.25, -0.2) is 0 Å². The molecule has 0 spiro atoms. The molecule has 96 valence electrons. The van der Waals surface area contributed by atoms with Crippen molar-refractivity contribution in [2.75, 3.05) is 0 Å². The molecule has 0 N–H and O–H groups in total. The van der Waals surface area contributed by atoms with Gasteiger partial charge >= 0.3 is 0 Å². The van der Waals surface area contributed by atoms with Crippen LogP contribution in [0.15, 0.2) is 0 Å². The van der Waals surface area contributed by atoms with Gasteiger partial charge in [0.1, 0.15) is 0 Å². The van der Waals surface area contributed by atoms with Crippen molar-refractivity contribution in [3.8, 4) is 0 Å². The largest absolute Gasteiger partial charge is 0.0654 e. The van der Waals surface area contributed by atoms with Crippen LogP contribution in [0.5, 0.6) is 0 Å². The molecule has 0 saturated heterocycles. The Labute approximate surface area is 103 Å². The summed E-state index contributed by atoms with van der Waals surface area (Å²) in [5, 5.41) is 0. The zero-order valence-electron chi connectivity index (χ0n) is 11.6. The van der Waals surface area contributed by atoms with Gasteiger partial charge in [-0.05, 0) is 18.3 Å². The molecule has 1 rings (SSSR count). The van der Waals surface area contributed by atoms with Crippen molar-refractivity contribution >= 4 is 0 Å². The highest BCUT2D eigenvalue weighted by atomic mass is 14.3. The van der Waals surface area contributed by atoms with E-state index in [-0.39, 0.29) is 0 Å². The van der Waals surface area contributed by atoms with Crippen LogP contribution in [0, 0.1) is 11.8 Å². The number of rotatable bonds is 9. The topological polar surface area (TPSA) is 0 Å². The highest BCUT2D eigenvalue weighted by Gasteiger charge is 2.20. The Morgan fingerprint density at radius 2 is 1.44 bits per heavy atom. The van der Waals surface area contributed by atoms with E-state index in [1.165, 1.54) is 77.0 Å². The number of hydrogen-bond acceptors (Lipinski definition) is 0. The molecule has 0 bridgehead atoms. The minimum Gasteiger partial charge on any atom is -0.0654 e. The van der Waals surface area contributed by atoms with Crippen LogP contribution in [0.2, 0.25) is 0 Å². The molecule has 0 radical (unpaired) electrons. The Morgan fingerprint density at radius 1 is 0.812 bits per heavy atom. The van der Waals surface area contributed by atoms with E-state index in [1.54, 1.807) is 0 Å². The van der Waals surface area contributed by atoms with E-state index < -0.39 is 0 Å². The van der Waals surface area contributed by atoms with Gasteiger partial charge in [0.2, 0.25) is 0 Å². The van der Waals surface area contributed by atoms with Crippen molar-refractivity contribution in [1.29, 1.82) is 0 Å². The molecule has 0 aliphatic heterocycles. The molecular formula is C16H32. The van der Waals surface area contributed by atoms with Crippen LogP contribution >= 0.6 is 0 Å². The Kier molecular flexibility index (Phi) is 7.98. The van der Waals surface area contributed by atoms with Gasteiger partial charge in [0.05, 0.1) is 0 Å². The lowest BCUT2D eigenvalue weighted by molar-refractivity contribution is 0.446. The van der Waals surface area contributed by atoms with E-state index >= 15 is 0 Å². The molecule has 1 aliphatic rings. The second-order valence-corrected chi connectivity index (χ2v) is 6.05. The van der Waals surface area contributed by atoms with Crippen LogP contribution < -0.4 is 0 Å². The Morgan fingerprint density at radius 3 is 2.00 bits per heavy atom. The minimum atomic E-state index is 1.03. The fourth-order valence-electron chi connectivity index (χ4n) is 3.15. The summed E-state index contributed by atoms with van der Waals surface area (Å²) in [5.74, 6) is 2.12. The van der Waals surface area contributed by atoms with Crippen molar-refractivity contribution in [3.63, 3.8) is 0 Å². The quantitative estimate of drug-likeness (QED) is 0.424. The van der Waals surface area contributed by atoms with E-state index in [0.29, 0.717) is 0 Å². The summed E-state index contributed by atoms with van der Waals surface area (Å²) in [5.41, 5.74) is 0. The van der Waals surface area contributed by atoms with Gasteiger partial charge in [0.25, 0.3) is 0 Å². The summed E-state index contributed by atoms with van der Waals surface area (Å²) in [6.07, 6.45) is 17.8. The lowest BCUT2D eigenvalue weighted by atomic mass is 9.98. The molecular weight excluding hydrogens is 192 g/mol. The van der Waals surface area contributed by atoms with Crippen molar-refractivity contribution in [2.24, 2.45) is 11.8 Å². The summed E-state index contributed by atoms with van der Waals surface area (Å²) < 4.78 is 0. The van der Waals surface area contributed by atoms with Crippen molar-refractivity contribution in [3.05, 3.63) is 0 Å².